The number of aromatic nitrogens is 1. The molecule has 0 spiro atoms. The zero-order chi connectivity index (χ0) is 14.7. The largest absolute Gasteiger partial charge is 0.497 e. The van der Waals surface area contributed by atoms with Gasteiger partial charge in [0.15, 0.2) is 5.82 Å². The molecule has 6 nitrogen and oxygen atoms in total. The molecule has 1 aromatic carbocycles. The number of carbonyl (C=O) groups is 1. The van der Waals surface area contributed by atoms with Crippen LogP contribution in [0.5, 0.6) is 5.75 Å². The minimum Gasteiger partial charge on any atom is -0.497 e. The van der Waals surface area contributed by atoms with Crippen molar-refractivity contribution < 1.29 is 14.6 Å². The van der Waals surface area contributed by atoms with Crippen LogP contribution in [0.15, 0.2) is 36.5 Å². The van der Waals surface area contributed by atoms with E-state index in [1.54, 1.807) is 19.1 Å². The lowest BCUT2D eigenvalue weighted by atomic mass is 10.2. The molecule has 0 radical (unpaired) electrons. The molecule has 1 heterocycles. The Hall–Kier alpha value is -2.76. The Morgan fingerprint density at radius 3 is 2.50 bits per heavy atom. The number of ether oxygens (including phenoxy) is 1. The first-order chi connectivity index (χ1) is 9.54. The molecule has 0 amide bonds. The highest BCUT2D eigenvalue weighted by atomic mass is 16.5. The molecule has 3 N–H and O–H groups in total. The van der Waals surface area contributed by atoms with Gasteiger partial charge in [-0.3, -0.25) is 0 Å². The van der Waals surface area contributed by atoms with Gasteiger partial charge in [-0.25, -0.2) is 9.78 Å². The van der Waals surface area contributed by atoms with E-state index >= 15 is 0 Å². The summed E-state index contributed by atoms with van der Waals surface area (Å²) in [4.78, 5) is 16.9. The molecule has 0 saturated heterocycles. The van der Waals surface area contributed by atoms with E-state index in [4.69, 9.17) is 15.6 Å². The van der Waals surface area contributed by atoms with Crippen molar-refractivity contribution in [1.82, 2.24) is 4.98 Å². The first-order valence-electron chi connectivity index (χ1n) is 5.90. The molecule has 1 aromatic heterocycles. The van der Waals surface area contributed by atoms with Gasteiger partial charge in [-0.2, -0.15) is 0 Å². The third-order valence-electron chi connectivity index (χ3n) is 2.98. The zero-order valence-corrected chi connectivity index (χ0v) is 11.2. The number of benzene rings is 1. The van der Waals surface area contributed by atoms with Gasteiger partial charge in [0.05, 0.1) is 18.4 Å². The fourth-order valence-electron chi connectivity index (χ4n) is 1.84. The van der Waals surface area contributed by atoms with Crippen molar-refractivity contribution in [1.29, 1.82) is 0 Å². The monoisotopic (exact) mass is 273 g/mol. The number of hydrogen-bond donors (Lipinski definition) is 2. The average molecular weight is 273 g/mol. The standard InChI is InChI=1S/C14H15N3O3/c1-17(9-3-5-10(20-2)6-4-9)13-12(15)11(14(18)19)7-8-16-13/h3-8H,15H2,1-2H3,(H,18,19). The molecule has 0 saturated carbocycles. The lowest BCUT2D eigenvalue weighted by Gasteiger charge is -2.20. The van der Waals surface area contributed by atoms with Crippen LogP contribution in [0, 0.1) is 0 Å². The number of nitrogens with two attached hydrogens (primary N) is 1. The van der Waals surface area contributed by atoms with Crippen LogP contribution >= 0.6 is 0 Å². The lowest BCUT2D eigenvalue weighted by Crippen LogP contribution is -2.15. The number of carboxylic acid groups (broad SMARTS) is 1. The number of aromatic carboxylic acids is 1. The third-order valence-corrected chi connectivity index (χ3v) is 2.98. The minimum absolute atomic E-state index is 0.0374. The van der Waals surface area contributed by atoms with E-state index in [9.17, 15) is 4.79 Å². The van der Waals surface area contributed by atoms with E-state index in [2.05, 4.69) is 4.98 Å². The third kappa shape index (κ3) is 2.49. The predicted molar refractivity (Wildman–Crippen MR) is 76.7 cm³/mol. The zero-order valence-electron chi connectivity index (χ0n) is 11.2. The second-order valence-corrected chi connectivity index (χ2v) is 4.16. The van der Waals surface area contributed by atoms with Crippen molar-refractivity contribution in [3.63, 3.8) is 0 Å². The number of hydrogen-bond acceptors (Lipinski definition) is 5. The van der Waals surface area contributed by atoms with E-state index in [0.717, 1.165) is 11.4 Å². The van der Waals surface area contributed by atoms with Crippen LogP contribution in [0.1, 0.15) is 10.4 Å². The SMILES string of the molecule is COc1ccc(N(C)c2nccc(C(=O)O)c2N)cc1. The van der Waals surface area contributed by atoms with Crippen LogP contribution in [-0.4, -0.2) is 30.2 Å². The lowest BCUT2D eigenvalue weighted by molar-refractivity contribution is 0.0698. The summed E-state index contributed by atoms with van der Waals surface area (Å²) in [6.07, 6.45) is 1.43. The molecule has 2 rings (SSSR count). The van der Waals surface area contributed by atoms with Gasteiger partial charge in [-0.05, 0) is 30.3 Å². The molecule has 0 fully saturated rings. The van der Waals surface area contributed by atoms with E-state index in [1.165, 1.54) is 12.3 Å². The van der Waals surface area contributed by atoms with Crippen LogP contribution in [0.25, 0.3) is 0 Å². The Labute approximate surface area is 116 Å². The van der Waals surface area contributed by atoms with E-state index in [-0.39, 0.29) is 11.3 Å². The topological polar surface area (TPSA) is 88.7 Å². The molecule has 6 heteroatoms. The summed E-state index contributed by atoms with van der Waals surface area (Å²) in [5, 5.41) is 9.07. The maximum atomic E-state index is 11.1. The summed E-state index contributed by atoms with van der Waals surface area (Å²) in [7, 11) is 3.36. The molecule has 0 atom stereocenters. The predicted octanol–water partition coefficient (Wildman–Crippen LogP) is 2.14. The number of rotatable bonds is 4. The molecule has 104 valence electrons. The number of nitrogen functional groups attached to an aromatic ring is 1. The number of pyridine rings is 1. The Morgan fingerprint density at radius 2 is 1.95 bits per heavy atom. The summed E-state index contributed by atoms with van der Waals surface area (Å²) < 4.78 is 5.09. The molecule has 0 aliphatic rings. The number of methoxy groups -OCH3 is 1. The number of nitrogens with zero attached hydrogens (tertiary/aromatic N) is 2. The maximum Gasteiger partial charge on any atom is 0.337 e. The molecule has 0 aliphatic heterocycles. The van der Waals surface area contributed by atoms with Crippen LogP contribution in [0.3, 0.4) is 0 Å². The summed E-state index contributed by atoms with van der Waals surface area (Å²) >= 11 is 0. The van der Waals surface area contributed by atoms with Crippen molar-refractivity contribution in [2.75, 3.05) is 24.8 Å². The minimum atomic E-state index is -1.07. The fraction of sp³-hybridized carbons (Fsp3) is 0.143. The number of carboxylic acids is 1. The fourth-order valence-corrected chi connectivity index (χ4v) is 1.84. The van der Waals surface area contributed by atoms with Crippen LogP contribution < -0.4 is 15.4 Å². The summed E-state index contributed by atoms with van der Waals surface area (Å²) in [6.45, 7) is 0. The second-order valence-electron chi connectivity index (χ2n) is 4.16. The summed E-state index contributed by atoms with van der Waals surface area (Å²) in [5.74, 6) is 0.0618. The molecular weight excluding hydrogens is 258 g/mol. The Bertz CT molecular complexity index is 626. The van der Waals surface area contributed by atoms with Gasteiger partial charge >= 0.3 is 5.97 Å². The van der Waals surface area contributed by atoms with Gasteiger partial charge < -0.3 is 20.5 Å². The maximum absolute atomic E-state index is 11.1. The van der Waals surface area contributed by atoms with Gasteiger partial charge in [0.2, 0.25) is 0 Å². The smallest absolute Gasteiger partial charge is 0.337 e. The Kier molecular flexibility index (Phi) is 3.74. The van der Waals surface area contributed by atoms with Gasteiger partial charge in [0.25, 0.3) is 0 Å². The molecular formula is C14H15N3O3. The quantitative estimate of drug-likeness (QED) is 0.887. The molecule has 2 aromatic rings. The highest BCUT2D eigenvalue weighted by Gasteiger charge is 2.16. The highest BCUT2D eigenvalue weighted by Crippen LogP contribution is 2.29. The molecule has 0 aliphatic carbocycles. The van der Waals surface area contributed by atoms with Crippen LogP contribution in [0.2, 0.25) is 0 Å². The Morgan fingerprint density at radius 1 is 1.30 bits per heavy atom. The van der Waals surface area contributed by atoms with Crippen molar-refractivity contribution in [2.24, 2.45) is 0 Å². The van der Waals surface area contributed by atoms with Crippen molar-refractivity contribution in [3.8, 4) is 5.75 Å². The first-order valence-corrected chi connectivity index (χ1v) is 5.90. The second kappa shape index (κ2) is 5.48. The molecule has 0 bridgehead atoms. The number of anilines is 3. The molecule has 0 unspecified atom stereocenters. The van der Waals surface area contributed by atoms with E-state index < -0.39 is 5.97 Å². The average Bonchev–Trinajstić information content (AvgIpc) is 2.46. The summed E-state index contributed by atoms with van der Waals surface area (Å²) in [6, 6.07) is 8.68. The van der Waals surface area contributed by atoms with Crippen LogP contribution in [0.4, 0.5) is 17.2 Å². The van der Waals surface area contributed by atoms with Gasteiger partial charge in [0.1, 0.15) is 5.75 Å². The normalized spacial score (nSPS) is 10.1. The Balaban J connectivity index is 2.39. The van der Waals surface area contributed by atoms with E-state index in [1.807, 2.05) is 24.3 Å². The van der Waals surface area contributed by atoms with Gasteiger partial charge in [-0.1, -0.05) is 0 Å². The van der Waals surface area contributed by atoms with Crippen molar-refractivity contribution in [3.05, 3.63) is 42.1 Å². The van der Waals surface area contributed by atoms with Gasteiger partial charge in [-0.15, -0.1) is 0 Å². The first kappa shape index (κ1) is 13.7. The highest BCUT2D eigenvalue weighted by molar-refractivity contribution is 5.96. The molecule has 20 heavy (non-hydrogen) atoms. The van der Waals surface area contributed by atoms with Gasteiger partial charge in [0, 0.05) is 18.9 Å². The van der Waals surface area contributed by atoms with E-state index in [0.29, 0.717) is 5.82 Å². The summed E-state index contributed by atoms with van der Waals surface area (Å²) in [5.41, 5.74) is 6.87. The van der Waals surface area contributed by atoms with Crippen molar-refractivity contribution >= 4 is 23.2 Å². The van der Waals surface area contributed by atoms with Crippen molar-refractivity contribution in [2.45, 2.75) is 0 Å². The van der Waals surface area contributed by atoms with Crippen LogP contribution in [-0.2, 0) is 0 Å².